The molecule has 5 rings (SSSR count). The van der Waals surface area contributed by atoms with Crippen LogP contribution in [0.4, 0.5) is 5.69 Å². The molecule has 0 fully saturated rings. The summed E-state index contributed by atoms with van der Waals surface area (Å²) in [6.45, 7) is 0. The Labute approximate surface area is 207 Å². The average Bonchev–Trinajstić information content (AvgIpc) is 3.21. The third-order valence-electron chi connectivity index (χ3n) is 6.16. The van der Waals surface area contributed by atoms with E-state index in [2.05, 4.69) is 5.32 Å². The Morgan fingerprint density at radius 1 is 0.750 bits per heavy atom. The zero-order chi connectivity index (χ0) is 25.2. The molecular weight excluding hydrogens is 452 g/mol. The molecule has 176 valence electrons. The highest BCUT2D eigenvalue weighted by Gasteiger charge is 2.29. The van der Waals surface area contributed by atoms with Crippen molar-refractivity contribution in [2.75, 3.05) is 5.32 Å². The number of aromatic nitrogens is 1. The number of carbonyl (C=O) groups is 3. The molecule has 0 atom stereocenters. The highest BCUT2D eigenvalue weighted by Crippen LogP contribution is 2.39. The van der Waals surface area contributed by atoms with Crippen molar-refractivity contribution in [3.05, 3.63) is 114 Å². The lowest BCUT2D eigenvalue weighted by atomic mass is 9.95. The van der Waals surface area contributed by atoms with Gasteiger partial charge in [0.1, 0.15) is 0 Å². The smallest absolute Gasteiger partial charge is 0.335 e. The maximum absolute atomic E-state index is 13.8. The zero-order valence-corrected chi connectivity index (χ0v) is 19.4. The number of aryl methyl sites for hydroxylation is 1. The van der Waals surface area contributed by atoms with Crippen LogP contribution in [-0.2, 0) is 11.8 Å². The largest absolute Gasteiger partial charge is 0.478 e. The highest BCUT2D eigenvalue weighted by molar-refractivity contribution is 6.50. The molecule has 0 aliphatic heterocycles. The number of anilines is 1. The molecular formula is C30H22N2O4. The van der Waals surface area contributed by atoms with Crippen molar-refractivity contribution in [1.82, 2.24) is 4.57 Å². The van der Waals surface area contributed by atoms with Gasteiger partial charge in [0.2, 0.25) is 0 Å². The number of nitrogens with zero attached hydrogens (tertiary/aromatic N) is 1. The molecule has 4 aromatic carbocycles. The Morgan fingerprint density at radius 2 is 1.39 bits per heavy atom. The van der Waals surface area contributed by atoms with Crippen LogP contribution in [0.5, 0.6) is 0 Å². The summed E-state index contributed by atoms with van der Waals surface area (Å²) in [5.74, 6) is -2.67. The van der Waals surface area contributed by atoms with Crippen molar-refractivity contribution >= 4 is 34.3 Å². The van der Waals surface area contributed by atoms with E-state index in [4.69, 9.17) is 0 Å². The van der Waals surface area contributed by atoms with Crippen molar-refractivity contribution in [2.45, 2.75) is 0 Å². The minimum absolute atomic E-state index is 0.0155. The van der Waals surface area contributed by atoms with Gasteiger partial charge in [-0.25, -0.2) is 4.79 Å². The van der Waals surface area contributed by atoms with Crippen LogP contribution in [0.2, 0.25) is 0 Å². The minimum atomic E-state index is -1.12. The number of amides is 1. The highest BCUT2D eigenvalue weighted by atomic mass is 16.4. The van der Waals surface area contributed by atoms with Crippen LogP contribution < -0.4 is 5.32 Å². The van der Waals surface area contributed by atoms with E-state index in [9.17, 15) is 19.5 Å². The van der Waals surface area contributed by atoms with Crippen LogP contribution in [0.25, 0.3) is 33.3 Å². The number of hydrogen-bond donors (Lipinski definition) is 2. The molecule has 6 heteroatoms. The van der Waals surface area contributed by atoms with E-state index in [1.54, 1.807) is 6.07 Å². The fourth-order valence-corrected chi connectivity index (χ4v) is 4.53. The Morgan fingerprint density at radius 3 is 2.06 bits per heavy atom. The molecule has 0 aliphatic carbocycles. The van der Waals surface area contributed by atoms with Crippen LogP contribution in [0.15, 0.2) is 103 Å². The van der Waals surface area contributed by atoms with Crippen LogP contribution in [0.3, 0.4) is 0 Å². The topological polar surface area (TPSA) is 88.4 Å². The summed E-state index contributed by atoms with van der Waals surface area (Å²) in [5.41, 5.74) is 4.57. The molecule has 5 aromatic rings. The van der Waals surface area contributed by atoms with Gasteiger partial charge in [-0.15, -0.1) is 0 Å². The molecule has 6 nitrogen and oxygen atoms in total. The average molecular weight is 475 g/mol. The first-order valence-electron chi connectivity index (χ1n) is 11.4. The van der Waals surface area contributed by atoms with Crippen LogP contribution in [0, 0.1) is 0 Å². The molecule has 2 N–H and O–H groups in total. The summed E-state index contributed by atoms with van der Waals surface area (Å²) in [4.78, 5) is 38.4. The van der Waals surface area contributed by atoms with Crippen LogP contribution in [0.1, 0.15) is 20.7 Å². The van der Waals surface area contributed by atoms with Crippen molar-refractivity contribution in [1.29, 1.82) is 0 Å². The number of carboxylic acid groups (broad SMARTS) is 1. The molecule has 0 aliphatic rings. The van der Waals surface area contributed by atoms with E-state index in [0.29, 0.717) is 16.6 Å². The van der Waals surface area contributed by atoms with Crippen LogP contribution >= 0.6 is 0 Å². The SMILES string of the molecule is Cn1c(-c2ccccc2)c(C(=O)C(=O)Nc2cccc(C(=O)O)c2)c2c(-c3ccccc3)cccc21. The number of benzene rings is 4. The Bertz CT molecular complexity index is 1620. The van der Waals surface area contributed by atoms with E-state index < -0.39 is 17.7 Å². The van der Waals surface area contributed by atoms with E-state index in [0.717, 1.165) is 22.2 Å². The van der Waals surface area contributed by atoms with Gasteiger partial charge in [-0.2, -0.15) is 0 Å². The van der Waals surface area contributed by atoms with E-state index in [1.165, 1.54) is 18.2 Å². The van der Waals surface area contributed by atoms with Gasteiger partial charge in [-0.05, 0) is 41.0 Å². The van der Waals surface area contributed by atoms with Gasteiger partial charge in [0, 0.05) is 23.6 Å². The predicted octanol–water partition coefficient (Wildman–Crippen LogP) is 6.03. The molecule has 0 unspecified atom stereocenters. The number of fused-ring (bicyclic) bond motifs is 1. The maximum Gasteiger partial charge on any atom is 0.335 e. The molecule has 36 heavy (non-hydrogen) atoms. The summed E-state index contributed by atoms with van der Waals surface area (Å²) in [6.07, 6.45) is 0. The number of ketones is 1. The Balaban J connectivity index is 1.70. The van der Waals surface area contributed by atoms with Crippen molar-refractivity contribution in [2.24, 2.45) is 7.05 Å². The Kier molecular flexibility index (Phi) is 5.92. The first-order chi connectivity index (χ1) is 17.5. The molecule has 0 bridgehead atoms. The summed E-state index contributed by atoms with van der Waals surface area (Å²) < 4.78 is 1.93. The maximum atomic E-state index is 13.8. The van der Waals surface area contributed by atoms with Crippen molar-refractivity contribution < 1.29 is 19.5 Å². The Hall–Kier alpha value is -4.97. The van der Waals surface area contributed by atoms with E-state index in [1.807, 2.05) is 90.5 Å². The molecule has 1 amide bonds. The molecule has 1 heterocycles. The summed E-state index contributed by atoms with van der Waals surface area (Å²) >= 11 is 0. The number of rotatable bonds is 6. The second-order valence-corrected chi connectivity index (χ2v) is 8.38. The lowest BCUT2D eigenvalue weighted by molar-refractivity contribution is -0.112. The number of aromatic carboxylic acids is 1. The molecule has 0 spiro atoms. The number of carbonyl (C=O) groups excluding carboxylic acids is 2. The molecule has 0 saturated heterocycles. The standard InChI is InChI=1S/C30H22N2O4/c1-32-24-17-9-16-23(19-10-4-2-5-11-19)25(24)26(27(32)20-12-6-3-7-13-20)28(33)29(34)31-22-15-8-14-21(18-22)30(35)36/h2-18H,1H3,(H,31,34)(H,35,36). The predicted molar refractivity (Wildman–Crippen MR) is 140 cm³/mol. The van der Waals surface area contributed by atoms with Gasteiger partial charge < -0.3 is 15.0 Å². The number of carboxylic acids is 1. The quantitative estimate of drug-likeness (QED) is 0.232. The second kappa shape index (κ2) is 9.35. The van der Waals surface area contributed by atoms with Gasteiger partial charge in [0.05, 0.1) is 16.8 Å². The van der Waals surface area contributed by atoms with Crippen molar-refractivity contribution in [3.8, 4) is 22.4 Å². The molecule has 0 saturated carbocycles. The second-order valence-electron chi connectivity index (χ2n) is 8.38. The first kappa shape index (κ1) is 22.8. The number of Topliss-reactive ketones (excluding diaryl/α,β-unsaturated/α-hetero) is 1. The van der Waals surface area contributed by atoms with Gasteiger partial charge in [0.15, 0.2) is 0 Å². The van der Waals surface area contributed by atoms with Gasteiger partial charge in [0.25, 0.3) is 11.7 Å². The molecule has 0 radical (unpaired) electrons. The summed E-state index contributed by atoms with van der Waals surface area (Å²) in [7, 11) is 1.88. The number of nitrogens with one attached hydrogen (secondary N) is 1. The fraction of sp³-hybridized carbons (Fsp3) is 0.0333. The van der Waals surface area contributed by atoms with Gasteiger partial charge in [-0.1, -0.05) is 78.9 Å². The lowest BCUT2D eigenvalue weighted by Crippen LogP contribution is -2.23. The third-order valence-corrected chi connectivity index (χ3v) is 6.16. The zero-order valence-electron chi connectivity index (χ0n) is 19.4. The minimum Gasteiger partial charge on any atom is -0.478 e. The van der Waals surface area contributed by atoms with Crippen LogP contribution in [-0.4, -0.2) is 27.3 Å². The van der Waals surface area contributed by atoms with Crippen molar-refractivity contribution in [3.63, 3.8) is 0 Å². The van der Waals surface area contributed by atoms with Gasteiger partial charge >= 0.3 is 5.97 Å². The first-order valence-corrected chi connectivity index (χ1v) is 11.4. The normalized spacial score (nSPS) is 10.8. The number of hydrogen-bond acceptors (Lipinski definition) is 3. The van der Waals surface area contributed by atoms with E-state index in [-0.39, 0.29) is 11.3 Å². The van der Waals surface area contributed by atoms with Gasteiger partial charge in [-0.3, -0.25) is 9.59 Å². The lowest BCUT2D eigenvalue weighted by Gasteiger charge is -2.10. The van der Waals surface area contributed by atoms with E-state index >= 15 is 0 Å². The molecule has 1 aromatic heterocycles. The summed E-state index contributed by atoms with van der Waals surface area (Å²) in [5, 5.41) is 12.5. The summed E-state index contributed by atoms with van der Waals surface area (Å²) in [6, 6.07) is 30.8. The fourth-order valence-electron chi connectivity index (χ4n) is 4.53. The third kappa shape index (κ3) is 4.05. The monoisotopic (exact) mass is 474 g/mol.